The van der Waals surface area contributed by atoms with Crippen molar-refractivity contribution in [3.05, 3.63) is 28.2 Å². The maximum atomic E-state index is 12.3. The minimum atomic E-state index is -0.511. The van der Waals surface area contributed by atoms with Crippen molar-refractivity contribution in [3.63, 3.8) is 0 Å². The number of hydrogen-bond acceptors (Lipinski definition) is 2. The molecule has 5 heteroatoms. The quantitative estimate of drug-likeness (QED) is 0.875. The molecule has 98 valence electrons. The third-order valence-corrected chi connectivity index (χ3v) is 4.28. The van der Waals surface area contributed by atoms with Gasteiger partial charge >= 0.3 is 0 Å². The Morgan fingerprint density at radius 3 is 2.78 bits per heavy atom. The van der Waals surface area contributed by atoms with Crippen molar-refractivity contribution in [3.8, 4) is 0 Å². The number of anilines is 1. The number of rotatable bonds is 2. The topological polar surface area (TPSA) is 55.1 Å². The summed E-state index contributed by atoms with van der Waals surface area (Å²) in [7, 11) is 0. The molecule has 0 radical (unpaired) electrons. The smallest absolute Gasteiger partial charge is 0.231 e. The molecule has 1 amide bonds. The summed E-state index contributed by atoms with van der Waals surface area (Å²) in [5.41, 5.74) is 6.08. The second-order valence-electron chi connectivity index (χ2n) is 4.99. The molecule has 3 nitrogen and oxygen atoms in total. The molecule has 1 aromatic rings. The Morgan fingerprint density at radius 2 is 2.22 bits per heavy atom. The van der Waals surface area contributed by atoms with Gasteiger partial charge in [0.1, 0.15) is 0 Å². The standard InChI is InChI=1S/C13H16Cl2N2O/c1-13(6-2-3-11(13)16)12(18)17-10-5-4-8(14)7-9(10)15/h4-5,7,11H,2-3,6,16H2,1H3,(H,17,18). The highest BCUT2D eigenvalue weighted by Crippen LogP contribution is 2.38. The van der Waals surface area contributed by atoms with Crippen LogP contribution in [0.3, 0.4) is 0 Å². The van der Waals surface area contributed by atoms with Crippen LogP contribution in [0, 0.1) is 5.41 Å². The minimum absolute atomic E-state index is 0.0725. The summed E-state index contributed by atoms with van der Waals surface area (Å²) >= 11 is 11.8. The van der Waals surface area contributed by atoms with Crippen LogP contribution >= 0.6 is 23.2 Å². The molecule has 1 saturated carbocycles. The highest BCUT2D eigenvalue weighted by atomic mass is 35.5. The molecule has 1 aromatic carbocycles. The third-order valence-electron chi connectivity index (χ3n) is 3.73. The van der Waals surface area contributed by atoms with E-state index in [1.807, 2.05) is 6.92 Å². The van der Waals surface area contributed by atoms with E-state index < -0.39 is 5.41 Å². The Bertz CT molecular complexity index is 478. The highest BCUT2D eigenvalue weighted by Gasteiger charge is 2.43. The lowest BCUT2D eigenvalue weighted by atomic mass is 9.84. The maximum Gasteiger partial charge on any atom is 0.231 e. The Labute approximate surface area is 117 Å². The Kier molecular flexibility index (Phi) is 3.85. The molecule has 2 rings (SSSR count). The van der Waals surface area contributed by atoms with Crippen LogP contribution in [-0.4, -0.2) is 11.9 Å². The van der Waals surface area contributed by atoms with E-state index in [-0.39, 0.29) is 11.9 Å². The molecule has 0 bridgehead atoms. The summed E-state index contributed by atoms with van der Waals surface area (Å²) in [5.74, 6) is -0.0725. The molecule has 18 heavy (non-hydrogen) atoms. The van der Waals surface area contributed by atoms with Gasteiger partial charge in [0.2, 0.25) is 5.91 Å². The largest absolute Gasteiger partial charge is 0.327 e. The summed E-state index contributed by atoms with van der Waals surface area (Å²) in [4.78, 5) is 12.3. The van der Waals surface area contributed by atoms with Crippen LogP contribution in [0.25, 0.3) is 0 Å². The highest BCUT2D eigenvalue weighted by molar-refractivity contribution is 6.36. The monoisotopic (exact) mass is 286 g/mol. The van der Waals surface area contributed by atoms with Gasteiger partial charge in [-0.15, -0.1) is 0 Å². The predicted molar refractivity (Wildman–Crippen MR) is 75.0 cm³/mol. The van der Waals surface area contributed by atoms with Gasteiger partial charge in [-0.2, -0.15) is 0 Å². The second kappa shape index (κ2) is 5.08. The average molecular weight is 287 g/mol. The van der Waals surface area contributed by atoms with Crippen LogP contribution in [0.4, 0.5) is 5.69 Å². The zero-order valence-corrected chi connectivity index (χ0v) is 11.7. The number of amides is 1. The average Bonchev–Trinajstić information content (AvgIpc) is 2.64. The molecule has 0 heterocycles. The molecule has 1 aliphatic carbocycles. The number of carbonyl (C=O) groups is 1. The first-order valence-corrected chi connectivity index (χ1v) is 6.71. The van der Waals surface area contributed by atoms with Gasteiger partial charge < -0.3 is 11.1 Å². The summed E-state index contributed by atoms with van der Waals surface area (Å²) in [6, 6.07) is 4.91. The van der Waals surface area contributed by atoms with Crippen LogP contribution in [-0.2, 0) is 4.79 Å². The van der Waals surface area contributed by atoms with Crippen LogP contribution in [0.1, 0.15) is 26.2 Å². The molecule has 3 N–H and O–H groups in total. The fourth-order valence-corrected chi connectivity index (χ4v) is 2.79. The van der Waals surface area contributed by atoms with Crippen molar-refractivity contribution in [1.29, 1.82) is 0 Å². The Balaban J connectivity index is 2.16. The van der Waals surface area contributed by atoms with Gasteiger partial charge in [-0.1, -0.05) is 29.6 Å². The fourth-order valence-electron chi connectivity index (χ4n) is 2.33. The van der Waals surface area contributed by atoms with Gasteiger partial charge in [-0.05, 0) is 38.0 Å². The van der Waals surface area contributed by atoms with Gasteiger partial charge in [0.25, 0.3) is 0 Å². The lowest BCUT2D eigenvalue weighted by molar-refractivity contribution is -0.125. The third kappa shape index (κ3) is 2.48. The molecule has 0 spiro atoms. The van der Waals surface area contributed by atoms with Crippen LogP contribution in [0.5, 0.6) is 0 Å². The van der Waals surface area contributed by atoms with Crippen molar-refractivity contribution in [2.24, 2.45) is 11.1 Å². The molecule has 0 aliphatic heterocycles. The van der Waals surface area contributed by atoms with E-state index in [1.165, 1.54) is 0 Å². The Hall–Kier alpha value is -0.770. The number of carbonyl (C=O) groups excluding carboxylic acids is 1. The van der Waals surface area contributed by atoms with Crippen molar-refractivity contribution in [2.75, 3.05) is 5.32 Å². The SMILES string of the molecule is CC1(C(=O)Nc2ccc(Cl)cc2Cl)CCCC1N. The number of benzene rings is 1. The van der Waals surface area contributed by atoms with Gasteiger partial charge in [0.15, 0.2) is 0 Å². The number of halogens is 2. The zero-order valence-electron chi connectivity index (χ0n) is 10.2. The Morgan fingerprint density at radius 1 is 1.50 bits per heavy atom. The lowest BCUT2D eigenvalue weighted by Crippen LogP contribution is -2.44. The second-order valence-corrected chi connectivity index (χ2v) is 5.84. The fraction of sp³-hybridized carbons (Fsp3) is 0.462. The van der Waals surface area contributed by atoms with Crippen LogP contribution in [0.2, 0.25) is 10.0 Å². The van der Waals surface area contributed by atoms with Crippen LogP contribution in [0.15, 0.2) is 18.2 Å². The van der Waals surface area contributed by atoms with Gasteiger partial charge in [-0.3, -0.25) is 4.79 Å². The van der Waals surface area contributed by atoms with E-state index in [9.17, 15) is 4.79 Å². The molecule has 1 aliphatic rings. The molecule has 2 unspecified atom stereocenters. The van der Waals surface area contributed by atoms with Crippen LogP contribution < -0.4 is 11.1 Å². The van der Waals surface area contributed by atoms with Crippen molar-refractivity contribution >= 4 is 34.8 Å². The van der Waals surface area contributed by atoms with Crippen molar-refractivity contribution in [2.45, 2.75) is 32.2 Å². The molecular weight excluding hydrogens is 271 g/mol. The van der Waals surface area contributed by atoms with Crippen molar-refractivity contribution in [1.82, 2.24) is 0 Å². The van der Waals surface area contributed by atoms with E-state index in [1.54, 1.807) is 18.2 Å². The summed E-state index contributed by atoms with van der Waals surface area (Å²) in [6.45, 7) is 1.91. The van der Waals surface area contributed by atoms with E-state index >= 15 is 0 Å². The molecule has 2 atom stereocenters. The lowest BCUT2D eigenvalue weighted by Gasteiger charge is -2.27. The number of nitrogens with two attached hydrogens (primary N) is 1. The molecule has 0 aromatic heterocycles. The van der Waals surface area contributed by atoms with E-state index in [0.717, 1.165) is 19.3 Å². The summed E-state index contributed by atoms with van der Waals surface area (Å²) < 4.78 is 0. The van der Waals surface area contributed by atoms with Gasteiger partial charge in [0, 0.05) is 11.1 Å². The first-order valence-electron chi connectivity index (χ1n) is 5.95. The maximum absolute atomic E-state index is 12.3. The molecule has 0 saturated heterocycles. The number of hydrogen-bond donors (Lipinski definition) is 2. The first-order chi connectivity index (χ1) is 8.43. The predicted octanol–water partition coefficient (Wildman–Crippen LogP) is 3.45. The van der Waals surface area contributed by atoms with Gasteiger partial charge in [-0.25, -0.2) is 0 Å². The number of nitrogens with one attached hydrogen (secondary N) is 1. The van der Waals surface area contributed by atoms with E-state index in [0.29, 0.717) is 15.7 Å². The minimum Gasteiger partial charge on any atom is -0.327 e. The summed E-state index contributed by atoms with van der Waals surface area (Å²) in [5, 5.41) is 3.82. The van der Waals surface area contributed by atoms with Gasteiger partial charge in [0.05, 0.1) is 16.1 Å². The van der Waals surface area contributed by atoms with Crippen molar-refractivity contribution < 1.29 is 4.79 Å². The zero-order chi connectivity index (χ0) is 13.3. The normalized spacial score (nSPS) is 27.2. The summed E-state index contributed by atoms with van der Waals surface area (Å²) in [6.07, 6.45) is 2.68. The first kappa shape index (κ1) is 13.7. The molecular formula is C13H16Cl2N2O. The molecule has 1 fully saturated rings. The van der Waals surface area contributed by atoms with E-state index in [4.69, 9.17) is 28.9 Å². The van der Waals surface area contributed by atoms with E-state index in [2.05, 4.69) is 5.32 Å².